The van der Waals surface area contributed by atoms with Gasteiger partial charge in [0.15, 0.2) is 0 Å². The maximum Gasteiger partial charge on any atom is 0.301 e. The zero-order valence-electron chi connectivity index (χ0n) is 14.4. The van der Waals surface area contributed by atoms with Gasteiger partial charge in [-0.3, -0.25) is 0 Å². The molecule has 0 saturated heterocycles. The van der Waals surface area contributed by atoms with Crippen molar-refractivity contribution >= 4 is 22.4 Å². The van der Waals surface area contributed by atoms with Crippen molar-refractivity contribution in [3.8, 4) is 11.3 Å². The van der Waals surface area contributed by atoms with Gasteiger partial charge in [-0.05, 0) is 55.1 Å². The molecule has 4 rings (SSSR count). The minimum atomic E-state index is -3.77. The third kappa shape index (κ3) is 2.98. The van der Waals surface area contributed by atoms with Gasteiger partial charge in [0, 0.05) is 18.3 Å². The van der Waals surface area contributed by atoms with E-state index in [2.05, 4.69) is 11.4 Å². The summed E-state index contributed by atoms with van der Waals surface area (Å²) < 4.78 is 32.9. The predicted octanol–water partition coefficient (Wildman–Crippen LogP) is 3.62. The van der Waals surface area contributed by atoms with Crippen LogP contribution in [0.2, 0.25) is 0 Å². The summed E-state index contributed by atoms with van der Waals surface area (Å²) in [6.07, 6.45) is 5.94. The lowest BCUT2D eigenvalue weighted by Gasteiger charge is -2.12. The summed E-state index contributed by atoms with van der Waals surface area (Å²) in [5, 5.41) is 3.11. The van der Waals surface area contributed by atoms with E-state index < -0.39 is 10.0 Å². The number of furan rings is 1. The Labute approximate surface area is 159 Å². The number of fused-ring (bicyclic) bond motifs is 3. The molecular formula is C19H21ClN2O3S. The van der Waals surface area contributed by atoms with Gasteiger partial charge in [0.25, 0.3) is 0 Å². The van der Waals surface area contributed by atoms with E-state index in [1.54, 1.807) is 12.3 Å². The van der Waals surface area contributed by atoms with Gasteiger partial charge in [-0.25, -0.2) is 3.97 Å². The van der Waals surface area contributed by atoms with Crippen molar-refractivity contribution in [3.63, 3.8) is 0 Å². The van der Waals surface area contributed by atoms with E-state index in [-0.39, 0.29) is 17.5 Å². The van der Waals surface area contributed by atoms with Crippen molar-refractivity contribution < 1.29 is 12.8 Å². The monoisotopic (exact) mass is 392 g/mol. The molecule has 0 aliphatic heterocycles. The Morgan fingerprint density at radius 3 is 2.69 bits per heavy atom. The molecule has 0 amide bonds. The van der Waals surface area contributed by atoms with Crippen molar-refractivity contribution in [2.45, 2.75) is 30.9 Å². The lowest BCUT2D eigenvalue weighted by Crippen LogP contribution is -2.13. The molecule has 1 aliphatic rings. The van der Waals surface area contributed by atoms with Crippen LogP contribution < -0.4 is 5.32 Å². The first kappa shape index (κ1) is 18.8. The number of nitrogens with one attached hydrogen (secondary N) is 1. The molecule has 1 aliphatic carbocycles. The Morgan fingerprint density at radius 1 is 1.15 bits per heavy atom. The van der Waals surface area contributed by atoms with Gasteiger partial charge >= 0.3 is 10.0 Å². The minimum absolute atomic E-state index is 0. The summed E-state index contributed by atoms with van der Waals surface area (Å²) in [6.45, 7) is 0.630. The number of rotatable bonds is 4. The van der Waals surface area contributed by atoms with Gasteiger partial charge in [-0.1, -0.05) is 24.3 Å². The molecule has 0 fully saturated rings. The van der Waals surface area contributed by atoms with Crippen LogP contribution in [0.3, 0.4) is 0 Å². The van der Waals surface area contributed by atoms with Crippen LogP contribution >= 0.6 is 12.4 Å². The Bertz CT molecular complexity index is 1010. The molecular weight excluding hydrogens is 372 g/mol. The number of aryl methyl sites for hydroxylation is 1. The van der Waals surface area contributed by atoms with E-state index in [4.69, 9.17) is 4.42 Å². The Balaban J connectivity index is 0.00000196. The van der Waals surface area contributed by atoms with Gasteiger partial charge in [-0.2, -0.15) is 8.42 Å². The van der Waals surface area contributed by atoms with Crippen molar-refractivity contribution in [1.82, 2.24) is 9.29 Å². The fraction of sp³-hybridized carbons (Fsp3) is 0.263. The topological polar surface area (TPSA) is 64.2 Å². The number of hydrogen-bond acceptors (Lipinski definition) is 4. The number of benzene rings is 1. The highest BCUT2D eigenvalue weighted by atomic mass is 35.5. The standard InChI is InChI=1S/C19H20N2O3S.ClH/c1-20-12-15-13-21(25(22,23)18-10-5-11-24-18)19-16-8-3-2-6-14(16)7-4-9-17(15)19;/h2-3,5-6,8,10-11,13,20H,4,7,9,12H2,1H3;1H. The second-order valence-corrected chi connectivity index (χ2v) is 8.00. The van der Waals surface area contributed by atoms with Crippen LogP contribution in [0.4, 0.5) is 0 Å². The summed E-state index contributed by atoms with van der Waals surface area (Å²) in [6, 6.07) is 11.1. The van der Waals surface area contributed by atoms with Gasteiger partial charge < -0.3 is 9.73 Å². The van der Waals surface area contributed by atoms with Gasteiger partial charge in [0.05, 0.1) is 12.0 Å². The smallest absolute Gasteiger partial charge is 0.301 e. The van der Waals surface area contributed by atoms with E-state index in [0.29, 0.717) is 6.54 Å². The Kier molecular flexibility index (Phi) is 5.27. The van der Waals surface area contributed by atoms with Crippen molar-refractivity contribution in [1.29, 1.82) is 0 Å². The van der Waals surface area contributed by atoms with Crippen LogP contribution in [0.25, 0.3) is 11.3 Å². The molecule has 26 heavy (non-hydrogen) atoms. The second kappa shape index (κ2) is 7.31. The molecule has 138 valence electrons. The van der Waals surface area contributed by atoms with Crippen LogP contribution in [0.1, 0.15) is 23.1 Å². The van der Waals surface area contributed by atoms with Crippen LogP contribution in [0.15, 0.2) is 58.4 Å². The maximum absolute atomic E-state index is 13.2. The van der Waals surface area contributed by atoms with Crippen LogP contribution in [0, 0.1) is 0 Å². The molecule has 0 atom stereocenters. The van der Waals surface area contributed by atoms with Crippen LogP contribution in [-0.2, 0) is 29.4 Å². The Hall–Kier alpha value is -2.02. The number of halogens is 1. The van der Waals surface area contributed by atoms with Gasteiger partial charge in [-0.15, -0.1) is 12.4 Å². The molecule has 0 unspecified atom stereocenters. The molecule has 2 heterocycles. The van der Waals surface area contributed by atoms with E-state index in [0.717, 1.165) is 41.6 Å². The van der Waals surface area contributed by atoms with E-state index >= 15 is 0 Å². The summed E-state index contributed by atoms with van der Waals surface area (Å²) in [5.74, 6) is 0. The first-order chi connectivity index (χ1) is 12.1. The number of nitrogens with zero attached hydrogens (tertiary/aromatic N) is 1. The van der Waals surface area contributed by atoms with Gasteiger partial charge in [0.2, 0.25) is 5.09 Å². The highest BCUT2D eigenvalue weighted by Crippen LogP contribution is 2.37. The SMILES string of the molecule is CNCc1cn(S(=O)(=O)c2ccco2)c2c1CCCc1ccccc1-2.Cl. The normalized spacial score (nSPS) is 13.4. The highest BCUT2D eigenvalue weighted by Gasteiger charge is 2.29. The molecule has 0 radical (unpaired) electrons. The molecule has 0 bridgehead atoms. The molecule has 0 spiro atoms. The molecule has 2 aromatic heterocycles. The highest BCUT2D eigenvalue weighted by molar-refractivity contribution is 7.89. The zero-order chi connectivity index (χ0) is 17.4. The minimum Gasteiger partial charge on any atom is -0.451 e. The second-order valence-electron chi connectivity index (χ2n) is 6.26. The maximum atomic E-state index is 13.2. The fourth-order valence-corrected chi connectivity index (χ4v) is 4.93. The summed E-state index contributed by atoms with van der Waals surface area (Å²) >= 11 is 0. The Morgan fingerprint density at radius 2 is 1.96 bits per heavy atom. The first-order valence-corrected chi connectivity index (χ1v) is 9.82. The first-order valence-electron chi connectivity index (χ1n) is 8.38. The number of hydrogen-bond donors (Lipinski definition) is 1. The van der Waals surface area contributed by atoms with E-state index in [1.165, 1.54) is 21.9 Å². The van der Waals surface area contributed by atoms with Crippen molar-refractivity contribution in [2.24, 2.45) is 0 Å². The van der Waals surface area contributed by atoms with Crippen LogP contribution in [-0.4, -0.2) is 19.4 Å². The third-order valence-electron chi connectivity index (χ3n) is 4.69. The largest absolute Gasteiger partial charge is 0.451 e. The molecule has 3 aromatic rings. The summed E-state index contributed by atoms with van der Waals surface area (Å²) in [7, 11) is -1.90. The van der Waals surface area contributed by atoms with E-state index in [9.17, 15) is 8.42 Å². The molecule has 1 aromatic carbocycles. The average Bonchev–Trinajstić information content (AvgIpc) is 3.22. The summed E-state index contributed by atoms with van der Waals surface area (Å²) in [5.41, 5.74) is 5.08. The molecule has 7 heteroatoms. The quantitative estimate of drug-likeness (QED) is 0.736. The summed E-state index contributed by atoms with van der Waals surface area (Å²) in [4.78, 5) is 0. The lowest BCUT2D eigenvalue weighted by molar-refractivity contribution is 0.447. The third-order valence-corrected chi connectivity index (χ3v) is 6.23. The van der Waals surface area contributed by atoms with Gasteiger partial charge in [0.1, 0.15) is 0 Å². The van der Waals surface area contributed by atoms with Crippen molar-refractivity contribution in [2.75, 3.05) is 7.05 Å². The average molecular weight is 393 g/mol. The molecule has 0 saturated carbocycles. The van der Waals surface area contributed by atoms with Crippen molar-refractivity contribution in [3.05, 3.63) is 65.5 Å². The predicted molar refractivity (Wildman–Crippen MR) is 103 cm³/mol. The fourth-order valence-electron chi connectivity index (χ4n) is 3.59. The molecule has 5 nitrogen and oxygen atoms in total. The zero-order valence-corrected chi connectivity index (χ0v) is 16.1. The van der Waals surface area contributed by atoms with Crippen LogP contribution in [0.5, 0.6) is 0 Å². The van der Waals surface area contributed by atoms with E-state index in [1.807, 2.05) is 25.2 Å². The molecule has 1 N–H and O–H groups in total. The lowest BCUT2D eigenvalue weighted by atomic mass is 10.0. The number of aromatic nitrogens is 1.